The standard InChI is InChI=1S/C24H31FN6O2/c25-20-6-8-21(9-7-20)28-22(32)18-29-13-15-31(16-14-29)24(33)27-17-19-5-4-10-26-23(19)30-11-2-1-3-12-30/h4-10H,1-3,11-18H2,(H,27,33)(H,28,32). The van der Waals surface area contributed by atoms with E-state index in [1.54, 1.807) is 11.1 Å². The van der Waals surface area contributed by atoms with Gasteiger partial charge >= 0.3 is 6.03 Å². The Labute approximate surface area is 193 Å². The van der Waals surface area contributed by atoms with E-state index in [9.17, 15) is 14.0 Å². The fourth-order valence-electron chi connectivity index (χ4n) is 4.29. The van der Waals surface area contributed by atoms with Crippen LogP contribution in [0.5, 0.6) is 0 Å². The molecule has 1 aromatic heterocycles. The minimum atomic E-state index is -0.339. The number of pyridine rings is 1. The average molecular weight is 455 g/mol. The van der Waals surface area contributed by atoms with Crippen LogP contribution in [0.25, 0.3) is 0 Å². The Morgan fingerprint density at radius 2 is 1.67 bits per heavy atom. The molecule has 2 saturated heterocycles. The van der Waals surface area contributed by atoms with Crippen LogP contribution in [0.15, 0.2) is 42.6 Å². The van der Waals surface area contributed by atoms with Gasteiger partial charge in [-0.05, 0) is 49.6 Å². The number of halogens is 1. The lowest BCUT2D eigenvalue weighted by Gasteiger charge is -2.34. The van der Waals surface area contributed by atoms with Crippen molar-refractivity contribution in [1.29, 1.82) is 0 Å². The van der Waals surface area contributed by atoms with E-state index in [-0.39, 0.29) is 24.3 Å². The Kier molecular flexibility index (Phi) is 7.72. The quantitative estimate of drug-likeness (QED) is 0.702. The number of benzene rings is 1. The summed E-state index contributed by atoms with van der Waals surface area (Å²) in [7, 11) is 0. The molecule has 33 heavy (non-hydrogen) atoms. The van der Waals surface area contributed by atoms with E-state index in [0.717, 1.165) is 24.5 Å². The molecule has 8 nitrogen and oxygen atoms in total. The zero-order valence-electron chi connectivity index (χ0n) is 18.8. The highest BCUT2D eigenvalue weighted by Gasteiger charge is 2.23. The number of carbonyl (C=O) groups excluding carboxylic acids is 2. The Bertz CT molecular complexity index is 940. The van der Waals surface area contributed by atoms with Crippen molar-refractivity contribution in [3.63, 3.8) is 0 Å². The number of amides is 3. The van der Waals surface area contributed by atoms with E-state index in [1.807, 2.05) is 17.0 Å². The molecule has 0 atom stereocenters. The lowest BCUT2D eigenvalue weighted by molar-refractivity contribution is -0.117. The van der Waals surface area contributed by atoms with Crippen molar-refractivity contribution in [2.45, 2.75) is 25.8 Å². The van der Waals surface area contributed by atoms with Crippen LogP contribution in [0.2, 0.25) is 0 Å². The normalized spacial score (nSPS) is 17.0. The van der Waals surface area contributed by atoms with Gasteiger partial charge in [-0.2, -0.15) is 0 Å². The number of nitrogens with zero attached hydrogens (tertiary/aromatic N) is 4. The summed E-state index contributed by atoms with van der Waals surface area (Å²) in [6.45, 7) is 5.06. The summed E-state index contributed by atoms with van der Waals surface area (Å²) >= 11 is 0. The van der Waals surface area contributed by atoms with Gasteiger partial charge in [0.25, 0.3) is 0 Å². The highest BCUT2D eigenvalue weighted by atomic mass is 19.1. The SMILES string of the molecule is O=C(CN1CCN(C(=O)NCc2cccnc2N2CCCCC2)CC1)Nc1ccc(F)cc1. The summed E-state index contributed by atoms with van der Waals surface area (Å²) < 4.78 is 13.0. The van der Waals surface area contributed by atoms with Crippen LogP contribution >= 0.6 is 0 Å². The zero-order chi connectivity index (χ0) is 23.0. The Morgan fingerprint density at radius 1 is 0.939 bits per heavy atom. The van der Waals surface area contributed by atoms with Crippen molar-refractivity contribution >= 4 is 23.4 Å². The summed E-state index contributed by atoms with van der Waals surface area (Å²) in [6.07, 6.45) is 5.42. The molecule has 0 aliphatic carbocycles. The Balaban J connectivity index is 1.21. The number of hydrogen-bond acceptors (Lipinski definition) is 5. The number of carbonyl (C=O) groups is 2. The first-order valence-corrected chi connectivity index (χ1v) is 11.6. The number of piperidine rings is 1. The number of nitrogens with one attached hydrogen (secondary N) is 2. The van der Waals surface area contributed by atoms with Gasteiger partial charge in [-0.25, -0.2) is 14.2 Å². The molecule has 2 N–H and O–H groups in total. The molecular formula is C24H31FN6O2. The molecule has 2 aliphatic heterocycles. The topological polar surface area (TPSA) is 80.8 Å². The average Bonchev–Trinajstić information content (AvgIpc) is 2.85. The van der Waals surface area contributed by atoms with Crippen molar-refractivity contribution in [3.8, 4) is 0 Å². The second kappa shape index (κ2) is 11.1. The molecule has 9 heteroatoms. The number of aromatic nitrogens is 1. The summed E-state index contributed by atoms with van der Waals surface area (Å²) in [5.41, 5.74) is 1.60. The van der Waals surface area contributed by atoms with Crippen LogP contribution in [0.1, 0.15) is 24.8 Å². The lowest BCUT2D eigenvalue weighted by Crippen LogP contribution is -2.52. The minimum Gasteiger partial charge on any atom is -0.356 e. The van der Waals surface area contributed by atoms with Gasteiger partial charge in [0.2, 0.25) is 5.91 Å². The van der Waals surface area contributed by atoms with Gasteiger partial charge in [-0.3, -0.25) is 9.69 Å². The molecule has 176 valence electrons. The minimum absolute atomic E-state index is 0.0983. The second-order valence-electron chi connectivity index (χ2n) is 8.51. The van der Waals surface area contributed by atoms with Crippen LogP contribution in [0, 0.1) is 5.82 Å². The monoisotopic (exact) mass is 454 g/mol. The summed E-state index contributed by atoms with van der Waals surface area (Å²) in [6, 6.07) is 9.53. The summed E-state index contributed by atoms with van der Waals surface area (Å²) in [4.78, 5) is 35.6. The van der Waals surface area contributed by atoms with Gasteiger partial charge < -0.3 is 20.4 Å². The lowest BCUT2D eigenvalue weighted by atomic mass is 10.1. The molecule has 0 bridgehead atoms. The van der Waals surface area contributed by atoms with Gasteiger partial charge in [-0.1, -0.05) is 6.07 Å². The van der Waals surface area contributed by atoms with Crippen molar-refractivity contribution < 1.29 is 14.0 Å². The van der Waals surface area contributed by atoms with Gasteiger partial charge in [0.05, 0.1) is 6.54 Å². The zero-order valence-corrected chi connectivity index (χ0v) is 18.8. The first-order valence-electron chi connectivity index (χ1n) is 11.6. The highest BCUT2D eigenvalue weighted by molar-refractivity contribution is 5.92. The van der Waals surface area contributed by atoms with Crippen LogP contribution in [-0.4, -0.2) is 72.5 Å². The maximum Gasteiger partial charge on any atom is 0.317 e. The van der Waals surface area contributed by atoms with E-state index in [1.165, 1.54) is 43.5 Å². The smallest absolute Gasteiger partial charge is 0.317 e. The third-order valence-electron chi connectivity index (χ3n) is 6.11. The summed E-state index contributed by atoms with van der Waals surface area (Å²) in [5, 5.41) is 5.80. The molecule has 0 saturated carbocycles. The number of hydrogen-bond donors (Lipinski definition) is 2. The summed E-state index contributed by atoms with van der Waals surface area (Å²) in [5.74, 6) is 0.476. The first-order chi connectivity index (χ1) is 16.1. The Morgan fingerprint density at radius 3 is 2.39 bits per heavy atom. The maximum atomic E-state index is 13.0. The number of piperazine rings is 1. The van der Waals surface area contributed by atoms with Gasteiger partial charge in [0.1, 0.15) is 11.6 Å². The van der Waals surface area contributed by atoms with E-state index < -0.39 is 0 Å². The molecular weight excluding hydrogens is 423 g/mol. The third kappa shape index (κ3) is 6.41. The van der Waals surface area contributed by atoms with Gasteiger partial charge in [-0.15, -0.1) is 0 Å². The largest absolute Gasteiger partial charge is 0.356 e. The molecule has 1 aromatic carbocycles. The van der Waals surface area contributed by atoms with E-state index in [0.29, 0.717) is 38.4 Å². The fourth-order valence-corrected chi connectivity index (χ4v) is 4.29. The van der Waals surface area contributed by atoms with Gasteiger partial charge in [0.15, 0.2) is 0 Å². The molecule has 2 aromatic rings. The van der Waals surface area contributed by atoms with Gasteiger partial charge in [0, 0.05) is 63.3 Å². The van der Waals surface area contributed by atoms with Crippen LogP contribution in [-0.2, 0) is 11.3 Å². The Hall–Kier alpha value is -3.20. The highest BCUT2D eigenvalue weighted by Crippen LogP contribution is 2.21. The molecule has 0 unspecified atom stereocenters. The third-order valence-corrected chi connectivity index (χ3v) is 6.11. The molecule has 0 spiro atoms. The van der Waals surface area contributed by atoms with Crippen LogP contribution in [0.4, 0.5) is 20.7 Å². The van der Waals surface area contributed by atoms with E-state index in [2.05, 4.69) is 20.5 Å². The predicted molar refractivity (Wildman–Crippen MR) is 126 cm³/mol. The number of anilines is 2. The predicted octanol–water partition coefficient (Wildman–Crippen LogP) is 2.68. The number of urea groups is 1. The molecule has 3 amide bonds. The van der Waals surface area contributed by atoms with E-state index in [4.69, 9.17) is 0 Å². The van der Waals surface area contributed by atoms with Crippen molar-refractivity contribution in [2.75, 3.05) is 56.0 Å². The van der Waals surface area contributed by atoms with Crippen LogP contribution < -0.4 is 15.5 Å². The van der Waals surface area contributed by atoms with Crippen molar-refractivity contribution in [1.82, 2.24) is 20.1 Å². The van der Waals surface area contributed by atoms with Crippen molar-refractivity contribution in [2.24, 2.45) is 0 Å². The molecule has 3 heterocycles. The molecule has 4 rings (SSSR count). The van der Waals surface area contributed by atoms with Crippen molar-refractivity contribution in [3.05, 3.63) is 54.0 Å². The number of rotatable bonds is 6. The van der Waals surface area contributed by atoms with Crippen LogP contribution in [0.3, 0.4) is 0 Å². The van der Waals surface area contributed by atoms with E-state index >= 15 is 0 Å². The molecule has 2 aliphatic rings. The molecule has 0 radical (unpaired) electrons. The maximum absolute atomic E-state index is 13.0. The molecule has 2 fully saturated rings. The second-order valence-corrected chi connectivity index (χ2v) is 8.51. The fraction of sp³-hybridized carbons (Fsp3) is 0.458. The first kappa shape index (κ1) is 23.0.